The molecular weight excluding hydrogens is 398 g/mol. The van der Waals surface area contributed by atoms with Crippen LogP contribution in [0.25, 0.3) is 22.4 Å². The number of hydrogen-bond donors (Lipinski definition) is 0. The van der Waals surface area contributed by atoms with Gasteiger partial charge in [0, 0.05) is 0 Å². The maximum Gasteiger partial charge on any atom is 0.161 e. The molecule has 0 spiro atoms. The molecule has 0 heterocycles. The van der Waals surface area contributed by atoms with Crippen molar-refractivity contribution in [3.05, 3.63) is 102 Å². The number of ether oxygens (including phenoxy) is 3. The van der Waals surface area contributed by atoms with Crippen LogP contribution < -0.4 is 14.2 Å². The summed E-state index contributed by atoms with van der Waals surface area (Å²) in [5, 5.41) is 12.0. The van der Waals surface area contributed by atoms with Crippen LogP contribution in [-0.4, -0.2) is 14.2 Å². The predicted octanol–water partition coefficient (Wildman–Crippen LogP) is 6.50. The summed E-state index contributed by atoms with van der Waals surface area (Å²) < 4.78 is 16.8. The summed E-state index contributed by atoms with van der Waals surface area (Å²) in [5.41, 5.74) is 3.34. The summed E-state index contributed by atoms with van der Waals surface area (Å²) in [4.78, 5) is 0. The van der Waals surface area contributed by atoms with Crippen molar-refractivity contribution in [3.8, 4) is 23.3 Å². The van der Waals surface area contributed by atoms with Gasteiger partial charge in [0.15, 0.2) is 11.5 Å². The van der Waals surface area contributed by atoms with Crippen LogP contribution >= 0.6 is 0 Å². The maximum atomic E-state index is 9.64. The lowest BCUT2D eigenvalue weighted by Crippen LogP contribution is -1.98. The maximum absolute atomic E-state index is 9.64. The third-order valence-corrected chi connectivity index (χ3v) is 5.28. The van der Waals surface area contributed by atoms with Gasteiger partial charge < -0.3 is 14.2 Å². The third kappa shape index (κ3) is 4.58. The van der Waals surface area contributed by atoms with Gasteiger partial charge in [-0.3, -0.25) is 0 Å². The van der Waals surface area contributed by atoms with E-state index < -0.39 is 0 Å². The largest absolute Gasteiger partial charge is 0.497 e. The predicted molar refractivity (Wildman–Crippen MR) is 128 cm³/mol. The molecule has 0 radical (unpaired) electrons. The molecule has 0 saturated heterocycles. The lowest BCUT2D eigenvalue weighted by molar-refractivity contribution is 0.285. The molecule has 0 saturated carbocycles. The standard InChI is InChI=1S/C28H23NO3/c1-30-25-13-11-21(12-14-25)24(18-29)16-20-10-15-27(28(17-20)31-2)32-19-23-8-5-7-22-6-3-4-9-26(22)23/h3-17H,19H2,1-2H3/b24-16+. The molecule has 4 heteroatoms. The smallest absolute Gasteiger partial charge is 0.161 e. The molecule has 0 aliphatic carbocycles. The number of allylic oxidation sites excluding steroid dienone is 1. The molecule has 0 atom stereocenters. The van der Waals surface area contributed by atoms with Crippen LogP contribution in [0, 0.1) is 11.3 Å². The summed E-state index contributed by atoms with van der Waals surface area (Å²) in [6, 6.07) is 29.8. The van der Waals surface area contributed by atoms with Crippen molar-refractivity contribution in [1.82, 2.24) is 0 Å². The first-order chi connectivity index (χ1) is 15.7. The van der Waals surface area contributed by atoms with E-state index in [4.69, 9.17) is 14.2 Å². The van der Waals surface area contributed by atoms with E-state index in [0.29, 0.717) is 23.7 Å². The van der Waals surface area contributed by atoms with E-state index >= 15 is 0 Å². The minimum atomic E-state index is 0.433. The van der Waals surface area contributed by atoms with E-state index in [0.717, 1.165) is 22.4 Å². The topological polar surface area (TPSA) is 51.5 Å². The van der Waals surface area contributed by atoms with Gasteiger partial charge in [0.1, 0.15) is 12.4 Å². The average Bonchev–Trinajstić information content (AvgIpc) is 2.86. The van der Waals surface area contributed by atoms with Crippen LogP contribution in [0.4, 0.5) is 0 Å². The summed E-state index contributed by atoms with van der Waals surface area (Å²) in [6.07, 6.45) is 1.83. The second-order valence-corrected chi connectivity index (χ2v) is 7.24. The summed E-state index contributed by atoms with van der Waals surface area (Å²) in [7, 11) is 3.23. The Labute approximate surface area is 187 Å². The van der Waals surface area contributed by atoms with Gasteiger partial charge in [0.2, 0.25) is 0 Å². The van der Waals surface area contributed by atoms with Crippen molar-refractivity contribution in [2.24, 2.45) is 0 Å². The van der Waals surface area contributed by atoms with Gasteiger partial charge in [-0.05, 0) is 69.9 Å². The van der Waals surface area contributed by atoms with Gasteiger partial charge in [-0.1, -0.05) is 48.5 Å². The zero-order valence-corrected chi connectivity index (χ0v) is 18.0. The molecular formula is C28H23NO3. The fraction of sp³-hybridized carbons (Fsp3) is 0.107. The Hall–Kier alpha value is -4.23. The van der Waals surface area contributed by atoms with Gasteiger partial charge >= 0.3 is 0 Å². The van der Waals surface area contributed by atoms with E-state index in [-0.39, 0.29) is 0 Å². The Morgan fingerprint density at radius 2 is 1.62 bits per heavy atom. The van der Waals surface area contributed by atoms with E-state index in [1.54, 1.807) is 14.2 Å². The number of methoxy groups -OCH3 is 2. The molecule has 32 heavy (non-hydrogen) atoms. The monoisotopic (exact) mass is 421 g/mol. The highest BCUT2D eigenvalue weighted by Gasteiger charge is 2.09. The molecule has 0 aliphatic heterocycles. The molecule has 158 valence electrons. The number of fused-ring (bicyclic) bond motifs is 1. The lowest BCUT2D eigenvalue weighted by atomic mass is 10.0. The molecule has 0 amide bonds. The molecule has 0 fully saturated rings. The number of nitriles is 1. The Kier molecular flexibility index (Phi) is 6.38. The normalized spacial score (nSPS) is 11.1. The Morgan fingerprint density at radius 1 is 0.844 bits per heavy atom. The molecule has 0 bridgehead atoms. The van der Waals surface area contributed by atoms with Crippen molar-refractivity contribution < 1.29 is 14.2 Å². The van der Waals surface area contributed by atoms with Gasteiger partial charge in [-0.2, -0.15) is 5.26 Å². The van der Waals surface area contributed by atoms with Crippen molar-refractivity contribution in [3.63, 3.8) is 0 Å². The van der Waals surface area contributed by atoms with Crippen LogP contribution in [0.15, 0.2) is 84.9 Å². The minimum Gasteiger partial charge on any atom is -0.497 e. The molecule has 4 rings (SSSR count). The second kappa shape index (κ2) is 9.72. The Balaban J connectivity index is 1.57. The molecule has 0 unspecified atom stereocenters. The summed E-state index contributed by atoms with van der Waals surface area (Å²) in [6.45, 7) is 0.433. The first-order valence-electron chi connectivity index (χ1n) is 10.3. The minimum absolute atomic E-state index is 0.433. The molecule has 0 aromatic heterocycles. The summed E-state index contributed by atoms with van der Waals surface area (Å²) in [5.74, 6) is 2.02. The van der Waals surface area contributed by atoms with Crippen LogP contribution in [0.1, 0.15) is 16.7 Å². The van der Waals surface area contributed by atoms with Crippen molar-refractivity contribution >= 4 is 22.4 Å². The molecule has 0 N–H and O–H groups in total. The fourth-order valence-corrected chi connectivity index (χ4v) is 3.58. The number of benzene rings is 4. The number of nitrogens with zero attached hydrogens (tertiary/aromatic N) is 1. The average molecular weight is 421 g/mol. The fourth-order valence-electron chi connectivity index (χ4n) is 3.58. The van der Waals surface area contributed by atoms with Crippen LogP contribution in [0.5, 0.6) is 17.2 Å². The second-order valence-electron chi connectivity index (χ2n) is 7.24. The zero-order chi connectivity index (χ0) is 22.3. The SMILES string of the molecule is COc1ccc(/C(C#N)=C/c2ccc(OCc3cccc4ccccc34)c(OC)c2)cc1. The third-order valence-electron chi connectivity index (χ3n) is 5.28. The van der Waals surface area contributed by atoms with Crippen molar-refractivity contribution in [1.29, 1.82) is 5.26 Å². The van der Waals surface area contributed by atoms with E-state index in [9.17, 15) is 5.26 Å². The van der Waals surface area contributed by atoms with Crippen LogP contribution in [0.2, 0.25) is 0 Å². The van der Waals surface area contributed by atoms with Crippen LogP contribution in [-0.2, 0) is 6.61 Å². The van der Waals surface area contributed by atoms with Crippen LogP contribution in [0.3, 0.4) is 0 Å². The van der Waals surface area contributed by atoms with Gasteiger partial charge in [-0.25, -0.2) is 0 Å². The highest BCUT2D eigenvalue weighted by molar-refractivity contribution is 5.90. The lowest BCUT2D eigenvalue weighted by Gasteiger charge is -2.13. The first-order valence-corrected chi connectivity index (χ1v) is 10.3. The molecule has 4 aromatic carbocycles. The van der Waals surface area contributed by atoms with Crippen molar-refractivity contribution in [2.75, 3.05) is 14.2 Å². The molecule has 4 aromatic rings. The van der Waals surface area contributed by atoms with Gasteiger partial charge in [0.05, 0.1) is 25.9 Å². The van der Waals surface area contributed by atoms with Gasteiger partial charge in [0.25, 0.3) is 0 Å². The van der Waals surface area contributed by atoms with Gasteiger partial charge in [-0.15, -0.1) is 0 Å². The highest BCUT2D eigenvalue weighted by Crippen LogP contribution is 2.31. The highest BCUT2D eigenvalue weighted by atomic mass is 16.5. The Morgan fingerprint density at radius 3 is 2.38 bits per heavy atom. The Bertz CT molecular complexity index is 1300. The summed E-state index contributed by atoms with van der Waals surface area (Å²) >= 11 is 0. The number of hydrogen-bond acceptors (Lipinski definition) is 4. The van der Waals surface area contributed by atoms with E-state index in [1.165, 1.54) is 10.8 Å². The molecule has 4 nitrogen and oxygen atoms in total. The van der Waals surface area contributed by atoms with E-state index in [2.05, 4.69) is 30.3 Å². The molecule has 0 aliphatic rings. The zero-order valence-electron chi connectivity index (χ0n) is 18.0. The number of rotatable bonds is 7. The van der Waals surface area contributed by atoms with E-state index in [1.807, 2.05) is 66.7 Å². The van der Waals surface area contributed by atoms with Crippen molar-refractivity contribution in [2.45, 2.75) is 6.61 Å². The quantitative estimate of drug-likeness (QED) is 0.252. The first kappa shape index (κ1) is 21.0.